The molecule has 2 heterocycles. The van der Waals surface area contributed by atoms with Gasteiger partial charge in [-0.2, -0.15) is 0 Å². The van der Waals surface area contributed by atoms with Crippen molar-refractivity contribution in [2.45, 2.75) is 0 Å². The highest BCUT2D eigenvalue weighted by atomic mass is 16.4. The minimum Gasteiger partial charge on any atom is -0.508 e. The van der Waals surface area contributed by atoms with Gasteiger partial charge in [0.25, 0.3) is 5.91 Å². The maximum atomic E-state index is 12.8. The fraction of sp³-hybridized carbons (Fsp3) is 0. The largest absolute Gasteiger partial charge is 0.508 e. The number of anilines is 1. The first kappa shape index (κ1) is 20.2. The summed E-state index contributed by atoms with van der Waals surface area (Å²) in [5.74, 6) is 0.444. The SMILES string of the molecule is O=C(Nc1oc(-c2ccccc2-c2cccc(O)c2)nc1-c1cccnc1)c1ccccc1. The van der Waals surface area contributed by atoms with E-state index < -0.39 is 0 Å². The molecule has 0 atom stereocenters. The number of oxazole rings is 1. The van der Waals surface area contributed by atoms with Crippen molar-refractivity contribution >= 4 is 11.8 Å². The van der Waals surface area contributed by atoms with Crippen LogP contribution in [0.2, 0.25) is 0 Å². The van der Waals surface area contributed by atoms with Gasteiger partial charge in [-0.05, 0) is 53.6 Å². The van der Waals surface area contributed by atoms with Gasteiger partial charge >= 0.3 is 0 Å². The molecule has 0 saturated carbocycles. The summed E-state index contributed by atoms with van der Waals surface area (Å²) in [7, 11) is 0. The van der Waals surface area contributed by atoms with Crippen molar-refractivity contribution in [3.8, 4) is 39.6 Å². The van der Waals surface area contributed by atoms with E-state index in [2.05, 4.69) is 10.3 Å². The van der Waals surface area contributed by atoms with Crippen LogP contribution in [-0.4, -0.2) is 21.0 Å². The Labute approximate surface area is 190 Å². The molecule has 0 aliphatic carbocycles. The van der Waals surface area contributed by atoms with Crippen LogP contribution in [0.1, 0.15) is 10.4 Å². The molecule has 0 radical (unpaired) electrons. The predicted molar refractivity (Wildman–Crippen MR) is 127 cm³/mol. The second kappa shape index (κ2) is 8.80. The van der Waals surface area contributed by atoms with Gasteiger partial charge in [0, 0.05) is 29.1 Å². The van der Waals surface area contributed by atoms with Crippen molar-refractivity contribution in [1.82, 2.24) is 9.97 Å². The van der Waals surface area contributed by atoms with Crippen molar-refractivity contribution in [1.29, 1.82) is 0 Å². The molecule has 0 spiro atoms. The third-order valence-electron chi connectivity index (χ3n) is 5.14. The molecule has 1 amide bonds. The molecule has 2 N–H and O–H groups in total. The number of aromatic nitrogens is 2. The first-order valence-corrected chi connectivity index (χ1v) is 10.4. The quantitative estimate of drug-likeness (QED) is 0.353. The Morgan fingerprint density at radius 1 is 0.818 bits per heavy atom. The molecule has 2 aromatic heterocycles. The minimum atomic E-state index is -0.301. The molecule has 160 valence electrons. The average Bonchev–Trinajstić information content (AvgIpc) is 3.28. The Morgan fingerprint density at radius 2 is 1.58 bits per heavy atom. The Bertz CT molecular complexity index is 1410. The van der Waals surface area contributed by atoms with Crippen LogP contribution in [0.15, 0.2) is 108 Å². The smallest absolute Gasteiger partial charge is 0.258 e. The standard InChI is InChI=1S/C27H19N3O3/c31-21-12-6-10-19(16-21)22-13-4-5-14-23(22)26-29-24(20-11-7-15-28-17-20)27(33-26)30-25(32)18-8-2-1-3-9-18/h1-17,31H,(H,30,32). The zero-order chi connectivity index (χ0) is 22.6. The topological polar surface area (TPSA) is 88.2 Å². The lowest BCUT2D eigenvalue weighted by Crippen LogP contribution is -2.11. The van der Waals surface area contributed by atoms with Crippen molar-refractivity contribution < 1.29 is 14.3 Å². The van der Waals surface area contributed by atoms with E-state index in [0.29, 0.717) is 22.7 Å². The van der Waals surface area contributed by atoms with E-state index in [4.69, 9.17) is 9.40 Å². The van der Waals surface area contributed by atoms with Crippen LogP contribution >= 0.6 is 0 Å². The normalized spacial score (nSPS) is 10.7. The molecule has 0 aliphatic heterocycles. The highest BCUT2D eigenvalue weighted by Gasteiger charge is 2.21. The van der Waals surface area contributed by atoms with Crippen molar-refractivity contribution in [2.24, 2.45) is 0 Å². The molecule has 0 aliphatic rings. The first-order valence-electron chi connectivity index (χ1n) is 10.4. The van der Waals surface area contributed by atoms with Crippen LogP contribution in [0.3, 0.4) is 0 Å². The van der Waals surface area contributed by atoms with Gasteiger partial charge in [0.15, 0.2) is 0 Å². The van der Waals surface area contributed by atoms with Crippen molar-refractivity contribution in [2.75, 3.05) is 5.32 Å². The molecule has 6 nitrogen and oxygen atoms in total. The summed E-state index contributed by atoms with van der Waals surface area (Å²) < 4.78 is 6.11. The van der Waals surface area contributed by atoms with Gasteiger partial charge in [0.1, 0.15) is 11.4 Å². The molecule has 3 aromatic carbocycles. The van der Waals surface area contributed by atoms with E-state index in [9.17, 15) is 9.90 Å². The summed E-state index contributed by atoms with van der Waals surface area (Å²) in [6.07, 6.45) is 3.34. The predicted octanol–water partition coefficient (Wildman–Crippen LogP) is 6.03. The first-order chi connectivity index (χ1) is 16.2. The summed E-state index contributed by atoms with van der Waals surface area (Å²) in [4.78, 5) is 21.7. The van der Waals surface area contributed by atoms with Crippen LogP contribution in [0.5, 0.6) is 5.75 Å². The van der Waals surface area contributed by atoms with E-state index in [1.54, 1.807) is 60.9 Å². The van der Waals surface area contributed by atoms with Gasteiger partial charge in [-0.1, -0.05) is 48.5 Å². The number of nitrogens with zero attached hydrogens (tertiary/aromatic N) is 2. The summed E-state index contributed by atoms with van der Waals surface area (Å²) >= 11 is 0. The molecular weight excluding hydrogens is 414 g/mol. The van der Waals surface area contributed by atoms with Crippen molar-refractivity contribution in [3.05, 3.63) is 109 Å². The van der Waals surface area contributed by atoms with Gasteiger partial charge in [-0.3, -0.25) is 15.1 Å². The lowest BCUT2D eigenvalue weighted by molar-refractivity contribution is 0.102. The summed E-state index contributed by atoms with van der Waals surface area (Å²) in [6, 6.07) is 27.2. The molecule has 0 bridgehead atoms. The van der Waals surface area contributed by atoms with Crippen LogP contribution in [0, 0.1) is 0 Å². The van der Waals surface area contributed by atoms with E-state index in [0.717, 1.165) is 16.7 Å². The lowest BCUT2D eigenvalue weighted by atomic mass is 9.99. The highest BCUT2D eigenvalue weighted by Crippen LogP contribution is 2.37. The number of hydrogen-bond acceptors (Lipinski definition) is 5. The molecule has 0 saturated heterocycles. The third-order valence-corrected chi connectivity index (χ3v) is 5.14. The monoisotopic (exact) mass is 433 g/mol. The second-order valence-corrected chi connectivity index (χ2v) is 7.35. The van der Waals surface area contributed by atoms with E-state index in [1.165, 1.54) is 0 Å². The average molecular weight is 433 g/mol. The number of hydrogen-bond donors (Lipinski definition) is 2. The van der Waals surface area contributed by atoms with Gasteiger partial charge in [0.05, 0.1) is 0 Å². The van der Waals surface area contributed by atoms with E-state index in [-0.39, 0.29) is 17.5 Å². The lowest BCUT2D eigenvalue weighted by Gasteiger charge is -2.07. The summed E-state index contributed by atoms with van der Waals surface area (Å²) in [5, 5.41) is 12.8. The number of nitrogens with one attached hydrogen (secondary N) is 1. The zero-order valence-electron chi connectivity index (χ0n) is 17.5. The van der Waals surface area contributed by atoms with Gasteiger partial charge in [-0.25, -0.2) is 4.98 Å². The number of amides is 1. The number of carbonyl (C=O) groups is 1. The van der Waals surface area contributed by atoms with Crippen molar-refractivity contribution in [3.63, 3.8) is 0 Å². The molecule has 0 unspecified atom stereocenters. The number of phenols is 1. The van der Waals surface area contributed by atoms with Gasteiger partial charge < -0.3 is 9.52 Å². The fourth-order valence-corrected chi connectivity index (χ4v) is 3.58. The number of phenolic OH excluding ortho intramolecular Hbond substituents is 1. The maximum absolute atomic E-state index is 12.8. The third kappa shape index (κ3) is 4.22. The molecule has 5 aromatic rings. The van der Waals surface area contributed by atoms with Crippen LogP contribution in [0.25, 0.3) is 33.8 Å². The second-order valence-electron chi connectivity index (χ2n) is 7.35. The number of pyridine rings is 1. The van der Waals surface area contributed by atoms with Crippen LogP contribution in [0.4, 0.5) is 5.88 Å². The summed E-state index contributed by atoms with van der Waals surface area (Å²) in [5.41, 5.74) is 4.09. The van der Waals surface area contributed by atoms with E-state index in [1.807, 2.05) is 42.5 Å². The number of benzene rings is 3. The van der Waals surface area contributed by atoms with Gasteiger partial charge in [-0.15, -0.1) is 0 Å². The minimum absolute atomic E-state index is 0.168. The summed E-state index contributed by atoms with van der Waals surface area (Å²) in [6.45, 7) is 0. The maximum Gasteiger partial charge on any atom is 0.258 e. The molecular formula is C27H19N3O3. The molecule has 5 rings (SSSR count). The molecule has 33 heavy (non-hydrogen) atoms. The molecule has 0 fully saturated rings. The fourth-order valence-electron chi connectivity index (χ4n) is 3.58. The Hall–Kier alpha value is -4.71. The van der Waals surface area contributed by atoms with Gasteiger partial charge in [0.2, 0.25) is 11.8 Å². The molecule has 6 heteroatoms. The van der Waals surface area contributed by atoms with Crippen LogP contribution < -0.4 is 5.32 Å². The Balaban J connectivity index is 1.61. The number of carbonyl (C=O) groups excluding carboxylic acids is 1. The van der Waals surface area contributed by atoms with E-state index >= 15 is 0 Å². The number of aromatic hydroxyl groups is 1. The highest BCUT2D eigenvalue weighted by molar-refractivity contribution is 6.05. The number of rotatable bonds is 5. The Morgan fingerprint density at radius 3 is 2.33 bits per heavy atom. The van der Waals surface area contributed by atoms with Crippen LogP contribution in [-0.2, 0) is 0 Å². The zero-order valence-corrected chi connectivity index (χ0v) is 17.5. The Kier molecular flexibility index (Phi) is 5.39.